The molecule has 0 spiro atoms. The van der Waals surface area contributed by atoms with E-state index in [1.54, 1.807) is 6.92 Å². The number of amides is 1. The molecule has 0 saturated carbocycles. The highest BCUT2D eigenvalue weighted by molar-refractivity contribution is 5.93. The van der Waals surface area contributed by atoms with Crippen LogP contribution in [0.3, 0.4) is 0 Å². The fraction of sp³-hybridized carbons (Fsp3) is 0.714. The molecule has 114 valence electrons. The van der Waals surface area contributed by atoms with Crippen LogP contribution in [0, 0.1) is 6.92 Å². The van der Waals surface area contributed by atoms with Gasteiger partial charge in [0.25, 0.3) is 5.91 Å². The monoisotopic (exact) mass is 283 g/mol. The average molecular weight is 283 g/mol. The van der Waals surface area contributed by atoms with Gasteiger partial charge in [-0.3, -0.25) is 4.79 Å². The van der Waals surface area contributed by atoms with Crippen molar-refractivity contribution < 1.29 is 14.4 Å². The molecule has 1 amide bonds. The van der Waals surface area contributed by atoms with Crippen LogP contribution in [-0.2, 0) is 6.61 Å². The first-order valence-electron chi connectivity index (χ1n) is 7.01. The molecular formula is C14H25N3O3. The summed E-state index contributed by atoms with van der Waals surface area (Å²) in [6.07, 6.45) is 1.81. The van der Waals surface area contributed by atoms with E-state index in [0.717, 1.165) is 12.8 Å². The second-order valence-electron chi connectivity index (χ2n) is 5.05. The molecule has 6 heteroatoms. The Morgan fingerprint density at radius 1 is 1.45 bits per heavy atom. The van der Waals surface area contributed by atoms with Crippen LogP contribution >= 0.6 is 0 Å². The molecule has 0 aliphatic heterocycles. The molecule has 1 rings (SSSR count). The van der Waals surface area contributed by atoms with Crippen molar-refractivity contribution in [2.45, 2.75) is 58.7 Å². The summed E-state index contributed by atoms with van der Waals surface area (Å²) in [4.78, 5) is 12.3. The molecule has 0 aliphatic rings. The lowest BCUT2D eigenvalue weighted by Gasteiger charge is -2.37. The molecule has 20 heavy (non-hydrogen) atoms. The number of carbonyl (C=O) groups excluding carboxylic acids is 1. The van der Waals surface area contributed by atoms with E-state index >= 15 is 0 Å². The molecule has 1 unspecified atom stereocenters. The molecule has 0 radical (unpaired) electrons. The van der Waals surface area contributed by atoms with Crippen molar-refractivity contribution in [3.63, 3.8) is 0 Å². The third kappa shape index (κ3) is 3.02. The highest BCUT2D eigenvalue weighted by atomic mass is 16.5. The molecule has 6 nitrogen and oxygen atoms in total. The van der Waals surface area contributed by atoms with Crippen LogP contribution in [0.25, 0.3) is 0 Å². The van der Waals surface area contributed by atoms with Crippen LogP contribution in [0.15, 0.2) is 4.52 Å². The van der Waals surface area contributed by atoms with Gasteiger partial charge in [0.2, 0.25) is 0 Å². The molecule has 1 atom stereocenters. The van der Waals surface area contributed by atoms with E-state index in [4.69, 9.17) is 9.63 Å². The fourth-order valence-electron chi connectivity index (χ4n) is 2.56. The number of nitrogens with zero attached hydrogens (tertiary/aromatic N) is 1. The SMILES string of the molecule is CCC(CC)(NC)C(C)NC(=O)c1noc(CO)c1C. The summed E-state index contributed by atoms with van der Waals surface area (Å²) in [5.74, 6) is 0.0497. The van der Waals surface area contributed by atoms with E-state index < -0.39 is 0 Å². The minimum atomic E-state index is -0.278. The largest absolute Gasteiger partial charge is 0.388 e. The first-order valence-corrected chi connectivity index (χ1v) is 7.01. The molecule has 3 N–H and O–H groups in total. The summed E-state index contributed by atoms with van der Waals surface area (Å²) in [5, 5.41) is 19.1. The summed E-state index contributed by atoms with van der Waals surface area (Å²) in [7, 11) is 1.90. The van der Waals surface area contributed by atoms with Crippen molar-refractivity contribution in [2.75, 3.05) is 7.05 Å². The minimum Gasteiger partial charge on any atom is -0.388 e. The Labute approximate surface area is 119 Å². The van der Waals surface area contributed by atoms with Gasteiger partial charge in [0.1, 0.15) is 6.61 Å². The maximum atomic E-state index is 12.3. The minimum absolute atomic E-state index is 0.0522. The molecule has 0 saturated heterocycles. The Hall–Kier alpha value is -1.40. The van der Waals surface area contributed by atoms with E-state index in [1.165, 1.54) is 0 Å². The summed E-state index contributed by atoms with van der Waals surface area (Å²) in [6, 6.07) is -0.0522. The van der Waals surface area contributed by atoms with Gasteiger partial charge >= 0.3 is 0 Å². The van der Waals surface area contributed by atoms with E-state index in [0.29, 0.717) is 11.3 Å². The van der Waals surface area contributed by atoms with Gasteiger partial charge in [-0.2, -0.15) is 0 Å². The van der Waals surface area contributed by atoms with Crippen LogP contribution < -0.4 is 10.6 Å². The smallest absolute Gasteiger partial charge is 0.274 e. The van der Waals surface area contributed by atoms with Gasteiger partial charge in [-0.15, -0.1) is 0 Å². The van der Waals surface area contributed by atoms with Gasteiger partial charge in [-0.05, 0) is 33.7 Å². The Morgan fingerprint density at radius 2 is 2.05 bits per heavy atom. The van der Waals surface area contributed by atoms with Crippen LogP contribution in [0.1, 0.15) is 55.4 Å². The summed E-state index contributed by atoms with van der Waals surface area (Å²) in [6.45, 7) is 7.62. The van der Waals surface area contributed by atoms with Gasteiger partial charge in [-0.25, -0.2) is 0 Å². The van der Waals surface area contributed by atoms with Crippen molar-refractivity contribution in [2.24, 2.45) is 0 Å². The predicted molar refractivity (Wildman–Crippen MR) is 76.5 cm³/mol. The number of rotatable bonds is 7. The lowest BCUT2D eigenvalue weighted by atomic mass is 9.85. The predicted octanol–water partition coefficient (Wildman–Crippen LogP) is 1.37. The average Bonchev–Trinajstić information content (AvgIpc) is 2.82. The summed E-state index contributed by atoms with van der Waals surface area (Å²) < 4.78 is 4.94. The molecule has 1 heterocycles. The van der Waals surface area contributed by atoms with Crippen molar-refractivity contribution in [1.29, 1.82) is 0 Å². The van der Waals surface area contributed by atoms with Gasteiger partial charge in [0, 0.05) is 17.1 Å². The number of nitrogens with one attached hydrogen (secondary N) is 2. The van der Waals surface area contributed by atoms with Crippen LogP contribution in [0.4, 0.5) is 0 Å². The lowest BCUT2D eigenvalue weighted by molar-refractivity contribution is 0.0896. The molecule has 1 aromatic heterocycles. The maximum absolute atomic E-state index is 12.3. The number of aliphatic hydroxyl groups excluding tert-OH is 1. The van der Waals surface area contributed by atoms with Crippen LogP contribution in [0.2, 0.25) is 0 Å². The molecule has 0 bridgehead atoms. The second-order valence-corrected chi connectivity index (χ2v) is 5.05. The van der Waals surface area contributed by atoms with E-state index in [9.17, 15) is 4.79 Å². The third-order valence-electron chi connectivity index (χ3n) is 4.32. The van der Waals surface area contributed by atoms with E-state index in [-0.39, 0.29) is 29.8 Å². The quantitative estimate of drug-likeness (QED) is 0.703. The van der Waals surface area contributed by atoms with Crippen LogP contribution in [-0.4, -0.2) is 34.8 Å². The highest BCUT2D eigenvalue weighted by Gasteiger charge is 2.33. The first-order chi connectivity index (χ1) is 9.45. The number of aliphatic hydroxyl groups is 1. The molecule has 0 aliphatic carbocycles. The third-order valence-corrected chi connectivity index (χ3v) is 4.32. The topological polar surface area (TPSA) is 87.4 Å². The first kappa shape index (κ1) is 16.7. The van der Waals surface area contributed by atoms with Gasteiger partial charge in [0.05, 0.1) is 0 Å². The standard InChI is InChI=1S/C14H25N3O3/c1-6-14(7-2,15-5)10(4)16-13(19)12-9(3)11(8-18)20-17-12/h10,15,18H,6-8H2,1-5H3,(H,16,19). The van der Waals surface area contributed by atoms with E-state index in [1.807, 2.05) is 14.0 Å². The lowest BCUT2D eigenvalue weighted by Crippen LogP contribution is -2.58. The van der Waals surface area contributed by atoms with Gasteiger partial charge in [0.15, 0.2) is 11.5 Å². The Bertz CT molecular complexity index is 444. The second kappa shape index (κ2) is 6.85. The highest BCUT2D eigenvalue weighted by Crippen LogP contribution is 2.20. The molecule has 0 fully saturated rings. The number of hydrogen-bond acceptors (Lipinski definition) is 5. The molecule has 1 aromatic rings. The fourth-order valence-corrected chi connectivity index (χ4v) is 2.56. The zero-order valence-corrected chi connectivity index (χ0v) is 12.9. The number of aromatic nitrogens is 1. The maximum Gasteiger partial charge on any atom is 0.274 e. The number of hydrogen-bond donors (Lipinski definition) is 3. The Kier molecular flexibility index (Phi) is 5.71. The molecular weight excluding hydrogens is 258 g/mol. The van der Waals surface area contributed by atoms with Gasteiger partial charge in [-0.1, -0.05) is 19.0 Å². The summed E-state index contributed by atoms with van der Waals surface area (Å²) >= 11 is 0. The normalized spacial score (nSPS) is 13.3. The van der Waals surface area contributed by atoms with Crippen molar-refractivity contribution >= 4 is 5.91 Å². The summed E-state index contributed by atoms with van der Waals surface area (Å²) in [5.41, 5.74) is 0.672. The van der Waals surface area contributed by atoms with E-state index in [2.05, 4.69) is 29.6 Å². The zero-order chi connectivity index (χ0) is 15.3. The molecule has 0 aromatic carbocycles. The Morgan fingerprint density at radius 3 is 2.45 bits per heavy atom. The van der Waals surface area contributed by atoms with Gasteiger partial charge < -0.3 is 20.3 Å². The van der Waals surface area contributed by atoms with Crippen LogP contribution in [0.5, 0.6) is 0 Å². The van der Waals surface area contributed by atoms with Crippen molar-refractivity contribution in [3.8, 4) is 0 Å². The Balaban J connectivity index is 2.86. The number of carbonyl (C=O) groups is 1. The van der Waals surface area contributed by atoms with Crippen molar-refractivity contribution in [1.82, 2.24) is 15.8 Å². The van der Waals surface area contributed by atoms with Crippen molar-refractivity contribution in [3.05, 3.63) is 17.0 Å². The number of likely N-dealkylation sites (N-methyl/N-ethyl adjacent to an activating group) is 1. The zero-order valence-electron chi connectivity index (χ0n) is 12.9.